The molecule has 1 N–H and O–H groups in total. The Bertz CT molecular complexity index is 467. The van der Waals surface area contributed by atoms with Gasteiger partial charge >= 0.3 is 0 Å². The molecule has 0 spiro atoms. The summed E-state index contributed by atoms with van der Waals surface area (Å²) in [4.78, 5) is 4.10. The van der Waals surface area contributed by atoms with E-state index in [-0.39, 0.29) is 0 Å². The fourth-order valence-electron chi connectivity index (χ4n) is 1.57. The number of aliphatic hydroxyl groups is 1. The smallest absolute Gasteiger partial charge is 0.163 e. The van der Waals surface area contributed by atoms with E-state index in [1.54, 1.807) is 43.4 Å². The lowest BCUT2D eigenvalue weighted by Gasteiger charge is -2.12. The SMILES string of the molecule is COc1cnn(C)c1C(O)c1ccccn1. The minimum atomic E-state index is -0.830. The molecule has 0 fully saturated rings. The zero-order valence-corrected chi connectivity index (χ0v) is 9.16. The molecule has 2 heterocycles. The summed E-state index contributed by atoms with van der Waals surface area (Å²) < 4.78 is 6.72. The van der Waals surface area contributed by atoms with E-state index in [0.29, 0.717) is 17.1 Å². The van der Waals surface area contributed by atoms with Crippen LogP contribution in [-0.2, 0) is 7.05 Å². The van der Waals surface area contributed by atoms with Gasteiger partial charge in [0, 0.05) is 13.2 Å². The standard InChI is InChI=1S/C11H13N3O2/c1-14-10(9(16-2)7-13-14)11(15)8-5-3-4-6-12-8/h3-7,11,15H,1-2H3. The lowest BCUT2D eigenvalue weighted by atomic mass is 10.1. The van der Waals surface area contributed by atoms with Crippen LogP contribution in [0, 0.1) is 0 Å². The molecule has 0 aliphatic carbocycles. The summed E-state index contributed by atoms with van der Waals surface area (Å²) in [6.45, 7) is 0. The number of aromatic nitrogens is 3. The maximum absolute atomic E-state index is 10.2. The molecule has 2 aromatic rings. The number of nitrogens with zero attached hydrogens (tertiary/aromatic N) is 3. The first kappa shape index (κ1) is 10.6. The molecule has 0 aromatic carbocycles. The molecule has 1 atom stereocenters. The predicted octanol–water partition coefficient (Wildman–Crippen LogP) is 0.905. The van der Waals surface area contributed by atoms with E-state index in [2.05, 4.69) is 10.1 Å². The third-order valence-corrected chi connectivity index (χ3v) is 2.40. The fraction of sp³-hybridized carbons (Fsp3) is 0.273. The lowest BCUT2D eigenvalue weighted by molar-refractivity contribution is 0.199. The van der Waals surface area contributed by atoms with E-state index in [1.165, 1.54) is 0 Å². The first-order valence-corrected chi connectivity index (χ1v) is 4.89. The maximum Gasteiger partial charge on any atom is 0.163 e. The van der Waals surface area contributed by atoms with Gasteiger partial charge in [0.15, 0.2) is 5.75 Å². The second kappa shape index (κ2) is 4.32. The Morgan fingerprint density at radius 1 is 1.44 bits per heavy atom. The molecule has 0 saturated heterocycles. The van der Waals surface area contributed by atoms with Crippen LogP contribution < -0.4 is 4.74 Å². The Hall–Kier alpha value is -1.88. The van der Waals surface area contributed by atoms with Crippen molar-refractivity contribution in [2.75, 3.05) is 7.11 Å². The maximum atomic E-state index is 10.2. The topological polar surface area (TPSA) is 60.2 Å². The van der Waals surface area contributed by atoms with Gasteiger partial charge in [-0.05, 0) is 12.1 Å². The van der Waals surface area contributed by atoms with Crippen molar-refractivity contribution in [2.24, 2.45) is 7.05 Å². The van der Waals surface area contributed by atoms with Crippen LogP contribution in [0.2, 0.25) is 0 Å². The van der Waals surface area contributed by atoms with Gasteiger partial charge in [0.25, 0.3) is 0 Å². The molecule has 2 rings (SSSR count). The molecule has 2 aromatic heterocycles. The third kappa shape index (κ3) is 1.77. The second-order valence-electron chi connectivity index (χ2n) is 3.38. The van der Waals surface area contributed by atoms with Crippen molar-refractivity contribution in [1.82, 2.24) is 14.8 Å². The molecular formula is C11H13N3O2. The van der Waals surface area contributed by atoms with E-state index in [1.807, 2.05) is 6.07 Å². The average Bonchev–Trinajstić information content (AvgIpc) is 2.70. The van der Waals surface area contributed by atoms with Crippen LogP contribution in [0.3, 0.4) is 0 Å². The second-order valence-corrected chi connectivity index (χ2v) is 3.38. The zero-order chi connectivity index (χ0) is 11.5. The lowest BCUT2D eigenvalue weighted by Crippen LogP contribution is -2.09. The molecule has 16 heavy (non-hydrogen) atoms. The van der Waals surface area contributed by atoms with Crippen molar-refractivity contribution in [1.29, 1.82) is 0 Å². The normalized spacial score (nSPS) is 12.4. The minimum Gasteiger partial charge on any atom is -0.493 e. The van der Waals surface area contributed by atoms with Gasteiger partial charge in [-0.3, -0.25) is 9.67 Å². The highest BCUT2D eigenvalue weighted by Gasteiger charge is 2.20. The number of ether oxygens (including phenoxy) is 1. The molecule has 0 aliphatic heterocycles. The highest BCUT2D eigenvalue weighted by Crippen LogP contribution is 2.27. The van der Waals surface area contributed by atoms with Gasteiger partial charge in [0.05, 0.1) is 19.0 Å². The van der Waals surface area contributed by atoms with Gasteiger partial charge < -0.3 is 9.84 Å². The van der Waals surface area contributed by atoms with Crippen molar-refractivity contribution in [3.63, 3.8) is 0 Å². The summed E-state index contributed by atoms with van der Waals surface area (Å²) in [6, 6.07) is 5.39. The first-order valence-electron chi connectivity index (χ1n) is 4.89. The number of aryl methyl sites for hydroxylation is 1. The number of aliphatic hydroxyl groups excluding tert-OH is 1. The largest absolute Gasteiger partial charge is 0.493 e. The van der Waals surface area contributed by atoms with Crippen LogP contribution in [0.1, 0.15) is 17.5 Å². The molecular weight excluding hydrogens is 206 g/mol. The van der Waals surface area contributed by atoms with Gasteiger partial charge in [0.2, 0.25) is 0 Å². The van der Waals surface area contributed by atoms with Crippen LogP contribution in [0.4, 0.5) is 0 Å². The van der Waals surface area contributed by atoms with E-state index < -0.39 is 6.10 Å². The Morgan fingerprint density at radius 3 is 2.88 bits per heavy atom. The van der Waals surface area contributed by atoms with Crippen LogP contribution in [0.25, 0.3) is 0 Å². The summed E-state index contributed by atoms with van der Waals surface area (Å²) in [7, 11) is 3.30. The number of hydrogen-bond acceptors (Lipinski definition) is 4. The highest BCUT2D eigenvalue weighted by atomic mass is 16.5. The van der Waals surface area contributed by atoms with E-state index >= 15 is 0 Å². The van der Waals surface area contributed by atoms with Gasteiger partial charge in [-0.1, -0.05) is 6.07 Å². The Kier molecular flexibility index (Phi) is 2.87. The Labute approximate surface area is 93.3 Å². The summed E-state index contributed by atoms with van der Waals surface area (Å²) in [5.74, 6) is 0.556. The average molecular weight is 219 g/mol. The van der Waals surface area contributed by atoms with Crippen LogP contribution in [-0.4, -0.2) is 27.0 Å². The Morgan fingerprint density at radius 2 is 2.25 bits per heavy atom. The fourth-order valence-corrected chi connectivity index (χ4v) is 1.57. The molecule has 0 aliphatic rings. The third-order valence-electron chi connectivity index (χ3n) is 2.40. The molecule has 5 nitrogen and oxygen atoms in total. The molecule has 84 valence electrons. The minimum absolute atomic E-state index is 0.556. The monoisotopic (exact) mass is 219 g/mol. The molecule has 1 unspecified atom stereocenters. The number of rotatable bonds is 3. The zero-order valence-electron chi connectivity index (χ0n) is 9.16. The van der Waals surface area contributed by atoms with Gasteiger partial charge in [-0.2, -0.15) is 5.10 Å². The van der Waals surface area contributed by atoms with Crippen molar-refractivity contribution in [3.8, 4) is 5.75 Å². The molecule has 5 heteroatoms. The van der Waals surface area contributed by atoms with Crippen molar-refractivity contribution in [2.45, 2.75) is 6.10 Å². The molecule has 0 radical (unpaired) electrons. The Balaban J connectivity index is 2.41. The molecule has 0 amide bonds. The van der Waals surface area contributed by atoms with E-state index in [4.69, 9.17) is 4.74 Å². The van der Waals surface area contributed by atoms with Crippen LogP contribution in [0.15, 0.2) is 30.6 Å². The molecule has 0 saturated carbocycles. The number of methoxy groups -OCH3 is 1. The molecule has 0 bridgehead atoms. The van der Waals surface area contributed by atoms with Crippen molar-refractivity contribution >= 4 is 0 Å². The quantitative estimate of drug-likeness (QED) is 0.833. The highest BCUT2D eigenvalue weighted by molar-refractivity contribution is 5.31. The summed E-state index contributed by atoms with van der Waals surface area (Å²) >= 11 is 0. The van der Waals surface area contributed by atoms with Crippen molar-refractivity contribution in [3.05, 3.63) is 42.0 Å². The summed E-state index contributed by atoms with van der Waals surface area (Å²) in [6.07, 6.45) is 2.38. The van der Waals surface area contributed by atoms with Crippen molar-refractivity contribution < 1.29 is 9.84 Å². The number of hydrogen-bond donors (Lipinski definition) is 1. The summed E-state index contributed by atoms with van der Waals surface area (Å²) in [5, 5.41) is 14.2. The van der Waals surface area contributed by atoms with Gasteiger partial charge in [-0.25, -0.2) is 0 Å². The first-order chi connectivity index (χ1) is 7.74. The summed E-state index contributed by atoms with van der Waals surface area (Å²) in [5.41, 5.74) is 1.17. The van der Waals surface area contributed by atoms with Gasteiger partial charge in [-0.15, -0.1) is 0 Å². The van der Waals surface area contributed by atoms with Gasteiger partial charge in [0.1, 0.15) is 11.8 Å². The van der Waals surface area contributed by atoms with E-state index in [9.17, 15) is 5.11 Å². The predicted molar refractivity (Wildman–Crippen MR) is 58.1 cm³/mol. The van der Waals surface area contributed by atoms with Crippen LogP contribution in [0.5, 0.6) is 5.75 Å². The number of pyridine rings is 1. The van der Waals surface area contributed by atoms with E-state index in [0.717, 1.165) is 0 Å². The van der Waals surface area contributed by atoms with Crippen LogP contribution >= 0.6 is 0 Å².